The van der Waals surface area contributed by atoms with Gasteiger partial charge in [0.1, 0.15) is 18.4 Å². The lowest BCUT2D eigenvalue weighted by Crippen LogP contribution is -2.41. The van der Waals surface area contributed by atoms with E-state index in [0.717, 1.165) is 30.0 Å². The molecule has 4 rings (SSSR count). The average molecular weight is 380 g/mol. The van der Waals surface area contributed by atoms with E-state index in [9.17, 15) is 4.79 Å². The highest BCUT2D eigenvalue weighted by atomic mass is 16.5. The van der Waals surface area contributed by atoms with E-state index >= 15 is 0 Å². The van der Waals surface area contributed by atoms with Crippen molar-refractivity contribution in [2.24, 2.45) is 0 Å². The van der Waals surface area contributed by atoms with Gasteiger partial charge in [-0.15, -0.1) is 10.2 Å². The van der Waals surface area contributed by atoms with Gasteiger partial charge >= 0.3 is 6.03 Å². The van der Waals surface area contributed by atoms with Gasteiger partial charge in [-0.1, -0.05) is 0 Å². The smallest absolute Gasteiger partial charge is 0.321 e. The summed E-state index contributed by atoms with van der Waals surface area (Å²) in [6.07, 6.45) is 9.18. The summed E-state index contributed by atoms with van der Waals surface area (Å²) in [5.74, 6) is 0.784. The van der Waals surface area contributed by atoms with Crippen LogP contribution in [0.25, 0.3) is 5.69 Å². The van der Waals surface area contributed by atoms with Gasteiger partial charge in [0.25, 0.3) is 0 Å². The number of nitrogens with one attached hydrogen (secondary N) is 1. The molecule has 1 aromatic carbocycles. The number of hydrogen-bond donors (Lipinski definition) is 1. The van der Waals surface area contributed by atoms with Crippen LogP contribution in [0.4, 0.5) is 10.5 Å². The van der Waals surface area contributed by atoms with Crippen LogP contribution in [0.1, 0.15) is 25.8 Å². The van der Waals surface area contributed by atoms with Crippen molar-refractivity contribution in [1.29, 1.82) is 0 Å². The van der Waals surface area contributed by atoms with Crippen molar-refractivity contribution in [1.82, 2.24) is 24.2 Å². The largest absolute Gasteiger partial charge is 0.492 e. The SMILES string of the molecule is CCOc1ccc(NC(=O)N2CCC(n3cnnc3)CC2)cc1-n1cccc1. The van der Waals surface area contributed by atoms with E-state index in [2.05, 4.69) is 15.5 Å². The number of carbonyl (C=O) groups excluding carboxylic acids is 1. The second-order valence-corrected chi connectivity index (χ2v) is 6.76. The Bertz CT molecular complexity index is 899. The molecule has 28 heavy (non-hydrogen) atoms. The third kappa shape index (κ3) is 3.85. The molecular weight excluding hydrogens is 356 g/mol. The molecule has 8 nitrogen and oxygen atoms in total. The standard InChI is InChI=1S/C20H24N6O2/c1-2-28-19-6-5-16(13-18(19)24-9-3-4-10-24)23-20(27)25-11-7-17(8-12-25)26-14-21-22-15-26/h3-6,9-10,13-15,17H,2,7-8,11-12H2,1H3,(H,23,27). The number of piperidine rings is 1. The maximum absolute atomic E-state index is 12.7. The molecule has 2 aromatic heterocycles. The van der Waals surface area contributed by atoms with Gasteiger partial charge in [-0.3, -0.25) is 0 Å². The molecule has 0 atom stereocenters. The first-order chi connectivity index (χ1) is 13.7. The van der Waals surface area contributed by atoms with Crippen molar-refractivity contribution < 1.29 is 9.53 Å². The van der Waals surface area contributed by atoms with E-state index < -0.39 is 0 Å². The minimum atomic E-state index is -0.0789. The third-order valence-electron chi connectivity index (χ3n) is 5.00. The van der Waals surface area contributed by atoms with Crippen molar-refractivity contribution in [2.75, 3.05) is 25.0 Å². The summed E-state index contributed by atoms with van der Waals surface area (Å²) >= 11 is 0. The Labute approximate surface area is 163 Å². The molecular formula is C20H24N6O2. The van der Waals surface area contributed by atoms with E-state index in [-0.39, 0.29) is 6.03 Å². The summed E-state index contributed by atoms with van der Waals surface area (Å²) in [6.45, 7) is 3.95. The van der Waals surface area contributed by atoms with Gasteiger partial charge in [0.05, 0.1) is 12.3 Å². The number of carbonyl (C=O) groups is 1. The van der Waals surface area contributed by atoms with Crippen LogP contribution in [-0.4, -0.2) is 50.0 Å². The van der Waals surface area contributed by atoms with Gasteiger partial charge in [-0.05, 0) is 50.1 Å². The number of nitrogens with zero attached hydrogens (tertiary/aromatic N) is 5. The lowest BCUT2D eigenvalue weighted by molar-refractivity contribution is 0.183. The van der Waals surface area contributed by atoms with Crippen molar-refractivity contribution in [3.05, 3.63) is 55.4 Å². The molecule has 0 aliphatic carbocycles. The summed E-state index contributed by atoms with van der Waals surface area (Å²) in [6, 6.07) is 9.90. The quantitative estimate of drug-likeness (QED) is 0.736. The lowest BCUT2D eigenvalue weighted by Gasteiger charge is -2.32. The number of aromatic nitrogens is 4. The lowest BCUT2D eigenvalue weighted by atomic mass is 10.1. The Balaban J connectivity index is 1.43. The molecule has 146 valence electrons. The molecule has 1 fully saturated rings. The molecule has 0 radical (unpaired) electrons. The zero-order chi connectivity index (χ0) is 19.3. The Kier molecular flexibility index (Phi) is 5.27. The van der Waals surface area contributed by atoms with Crippen LogP contribution >= 0.6 is 0 Å². The molecule has 2 amide bonds. The van der Waals surface area contributed by atoms with Crippen LogP contribution in [0, 0.1) is 0 Å². The Morgan fingerprint density at radius 1 is 1.18 bits per heavy atom. The summed E-state index contributed by atoms with van der Waals surface area (Å²) in [7, 11) is 0. The molecule has 1 aliphatic heterocycles. The molecule has 0 spiro atoms. The van der Waals surface area contributed by atoms with Gasteiger partial charge in [0.15, 0.2) is 0 Å². The van der Waals surface area contributed by atoms with Gasteiger partial charge in [0, 0.05) is 37.2 Å². The van der Waals surface area contributed by atoms with E-state index in [1.807, 2.05) is 63.7 Å². The Hall–Kier alpha value is -3.29. The molecule has 3 aromatic rings. The van der Waals surface area contributed by atoms with Gasteiger partial charge < -0.3 is 24.1 Å². The fraction of sp³-hybridized carbons (Fsp3) is 0.350. The fourth-order valence-electron chi connectivity index (χ4n) is 3.54. The van der Waals surface area contributed by atoms with Crippen molar-refractivity contribution in [3.8, 4) is 11.4 Å². The van der Waals surface area contributed by atoms with Crippen LogP contribution in [0.15, 0.2) is 55.4 Å². The van der Waals surface area contributed by atoms with Crippen LogP contribution in [0.5, 0.6) is 5.75 Å². The van der Waals surface area contributed by atoms with E-state index in [1.54, 1.807) is 12.7 Å². The highest BCUT2D eigenvalue weighted by molar-refractivity contribution is 5.90. The maximum atomic E-state index is 12.7. The molecule has 8 heteroatoms. The minimum Gasteiger partial charge on any atom is -0.492 e. The number of amides is 2. The van der Waals surface area contributed by atoms with Gasteiger partial charge in [-0.25, -0.2) is 4.79 Å². The Morgan fingerprint density at radius 2 is 1.89 bits per heavy atom. The molecule has 0 unspecified atom stereocenters. The predicted octanol–water partition coefficient (Wildman–Crippen LogP) is 3.34. The van der Waals surface area contributed by atoms with Crippen molar-refractivity contribution in [2.45, 2.75) is 25.8 Å². The predicted molar refractivity (Wildman–Crippen MR) is 106 cm³/mol. The number of benzene rings is 1. The molecule has 0 bridgehead atoms. The number of ether oxygens (including phenoxy) is 1. The molecule has 1 saturated heterocycles. The van der Waals surface area contributed by atoms with E-state index in [4.69, 9.17) is 4.74 Å². The van der Waals surface area contributed by atoms with E-state index in [1.165, 1.54) is 0 Å². The third-order valence-corrected chi connectivity index (χ3v) is 5.00. The second-order valence-electron chi connectivity index (χ2n) is 6.76. The first-order valence-corrected chi connectivity index (χ1v) is 9.55. The topological polar surface area (TPSA) is 77.2 Å². The second kappa shape index (κ2) is 8.16. The summed E-state index contributed by atoms with van der Waals surface area (Å²) in [4.78, 5) is 14.6. The van der Waals surface area contributed by atoms with Crippen molar-refractivity contribution >= 4 is 11.7 Å². The molecule has 1 aliphatic rings. The number of hydrogen-bond acceptors (Lipinski definition) is 4. The zero-order valence-corrected chi connectivity index (χ0v) is 15.9. The summed E-state index contributed by atoms with van der Waals surface area (Å²) in [5.41, 5.74) is 1.65. The minimum absolute atomic E-state index is 0.0789. The fourth-order valence-corrected chi connectivity index (χ4v) is 3.54. The number of urea groups is 1. The first-order valence-electron chi connectivity index (χ1n) is 9.55. The first kappa shape index (κ1) is 18.1. The average Bonchev–Trinajstić information content (AvgIpc) is 3.44. The zero-order valence-electron chi connectivity index (χ0n) is 15.9. The highest BCUT2D eigenvalue weighted by Crippen LogP contribution is 2.28. The molecule has 3 heterocycles. The van der Waals surface area contributed by atoms with Gasteiger partial charge in [-0.2, -0.15) is 0 Å². The number of anilines is 1. The van der Waals surface area contributed by atoms with E-state index in [0.29, 0.717) is 25.7 Å². The van der Waals surface area contributed by atoms with Crippen LogP contribution in [0.3, 0.4) is 0 Å². The monoisotopic (exact) mass is 380 g/mol. The normalized spacial score (nSPS) is 14.8. The number of likely N-dealkylation sites (tertiary alicyclic amines) is 1. The van der Waals surface area contributed by atoms with Crippen molar-refractivity contribution in [3.63, 3.8) is 0 Å². The summed E-state index contributed by atoms with van der Waals surface area (Å²) in [5, 5.41) is 10.7. The highest BCUT2D eigenvalue weighted by Gasteiger charge is 2.24. The molecule has 1 N–H and O–H groups in total. The summed E-state index contributed by atoms with van der Waals surface area (Å²) < 4.78 is 9.72. The van der Waals surface area contributed by atoms with Crippen LogP contribution < -0.4 is 10.1 Å². The number of rotatable bonds is 5. The Morgan fingerprint density at radius 3 is 2.57 bits per heavy atom. The van der Waals surface area contributed by atoms with Crippen LogP contribution in [-0.2, 0) is 0 Å². The molecule has 0 saturated carbocycles. The maximum Gasteiger partial charge on any atom is 0.321 e. The van der Waals surface area contributed by atoms with Gasteiger partial charge in [0.2, 0.25) is 0 Å². The van der Waals surface area contributed by atoms with Crippen LogP contribution in [0.2, 0.25) is 0 Å².